The Hall–Kier alpha value is -1.31. The molecule has 0 saturated heterocycles. The maximum Gasteiger partial charge on any atom is 0.0970 e. The first kappa shape index (κ1) is 11.8. The highest BCUT2D eigenvalue weighted by Crippen LogP contribution is 2.20. The maximum absolute atomic E-state index is 5.88. The van der Waals surface area contributed by atoms with Crippen LogP contribution in [0.3, 0.4) is 0 Å². The summed E-state index contributed by atoms with van der Waals surface area (Å²) in [6, 6.07) is 10.5. The summed E-state index contributed by atoms with van der Waals surface area (Å²) in [4.78, 5) is 4.56. The Balaban J connectivity index is 2.86. The Labute approximate surface area is 92.2 Å². The number of amidine groups is 1. The molecule has 0 aliphatic heterocycles. The minimum atomic E-state index is 0.202. The number of hydrogen-bond donors (Lipinski definition) is 1. The number of benzene rings is 1. The first-order valence-electron chi connectivity index (χ1n) is 5.53. The monoisotopic (exact) mass is 204 g/mol. The van der Waals surface area contributed by atoms with Gasteiger partial charge in [-0.25, -0.2) is 0 Å². The third-order valence-electron chi connectivity index (χ3n) is 2.47. The molecule has 1 atom stereocenters. The first-order chi connectivity index (χ1) is 7.15. The van der Waals surface area contributed by atoms with Gasteiger partial charge in [0, 0.05) is 5.92 Å². The van der Waals surface area contributed by atoms with Crippen molar-refractivity contribution in [3.05, 3.63) is 35.9 Å². The molecule has 1 rings (SSSR count). The van der Waals surface area contributed by atoms with E-state index in [0.29, 0.717) is 5.92 Å². The van der Waals surface area contributed by atoms with Crippen LogP contribution in [0.15, 0.2) is 35.3 Å². The quantitative estimate of drug-likeness (QED) is 0.594. The molecule has 0 fully saturated rings. The molecule has 0 bridgehead atoms. The zero-order valence-electron chi connectivity index (χ0n) is 9.77. The van der Waals surface area contributed by atoms with Crippen LogP contribution < -0.4 is 5.73 Å². The third-order valence-corrected chi connectivity index (χ3v) is 2.47. The second kappa shape index (κ2) is 5.54. The molecule has 15 heavy (non-hydrogen) atoms. The van der Waals surface area contributed by atoms with Gasteiger partial charge < -0.3 is 5.73 Å². The van der Waals surface area contributed by atoms with Crippen LogP contribution in [0, 0.1) is 5.92 Å². The summed E-state index contributed by atoms with van der Waals surface area (Å²) < 4.78 is 0. The summed E-state index contributed by atoms with van der Waals surface area (Å²) >= 11 is 0. The van der Waals surface area contributed by atoms with E-state index in [1.807, 2.05) is 18.2 Å². The van der Waals surface area contributed by atoms with E-state index in [9.17, 15) is 0 Å². The van der Waals surface area contributed by atoms with Gasteiger partial charge in [0.25, 0.3) is 0 Å². The van der Waals surface area contributed by atoms with Crippen molar-refractivity contribution in [2.24, 2.45) is 16.6 Å². The van der Waals surface area contributed by atoms with Crippen molar-refractivity contribution in [2.75, 3.05) is 0 Å². The van der Waals surface area contributed by atoms with Crippen molar-refractivity contribution in [3.8, 4) is 0 Å². The molecule has 2 nitrogen and oxygen atoms in total. The summed E-state index contributed by atoms with van der Waals surface area (Å²) in [6.45, 7) is 6.27. The van der Waals surface area contributed by atoms with E-state index in [4.69, 9.17) is 5.73 Å². The Kier molecular flexibility index (Phi) is 4.35. The van der Waals surface area contributed by atoms with Crippen molar-refractivity contribution in [3.63, 3.8) is 0 Å². The minimum Gasteiger partial charge on any atom is -0.387 e. The largest absolute Gasteiger partial charge is 0.387 e. The number of rotatable bonds is 4. The van der Waals surface area contributed by atoms with Gasteiger partial charge in [0.05, 0.1) is 11.9 Å². The molecule has 0 radical (unpaired) electrons. The molecule has 82 valence electrons. The second-order valence-electron chi connectivity index (χ2n) is 4.04. The lowest BCUT2D eigenvalue weighted by Gasteiger charge is -2.13. The highest BCUT2D eigenvalue weighted by molar-refractivity contribution is 5.82. The van der Waals surface area contributed by atoms with Gasteiger partial charge in [-0.1, -0.05) is 51.1 Å². The Morgan fingerprint density at radius 2 is 1.87 bits per heavy atom. The van der Waals surface area contributed by atoms with Gasteiger partial charge in [-0.3, -0.25) is 4.99 Å². The van der Waals surface area contributed by atoms with Crippen LogP contribution in [0.5, 0.6) is 0 Å². The van der Waals surface area contributed by atoms with Gasteiger partial charge >= 0.3 is 0 Å². The molecule has 0 aliphatic rings. The second-order valence-corrected chi connectivity index (χ2v) is 4.04. The van der Waals surface area contributed by atoms with Crippen LogP contribution in [0.2, 0.25) is 0 Å². The predicted octanol–water partition coefficient (Wildman–Crippen LogP) is 3.15. The molecule has 0 heterocycles. The summed E-state index contributed by atoms with van der Waals surface area (Å²) in [5.74, 6) is 1.06. The van der Waals surface area contributed by atoms with Crippen LogP contribution in [0.25, 0.3) is 0 Å². The summed E-state index contributed by atoms with van der Waals surface area (Å²) in [5, 5.41) is 0. The van der Waals surface area contributed by atoms with Crippen LogP contribution in [-0.4, -0.2) is 5.84 Å². The van der Waals surface area contributed by atoms with Crippen LogP contribution in [-0.2, 0) is 0 Å². The lowest BCUT2D eigenvalue weighted by molar-refractivity contribution is 0.687. The van der Waals surface area contributed by atoms with Crippen LogP contribution >= 0.6 is 0 Å². The van der Waals surface area contributed by atoms with E-state index in [0.717, 1.165) is 12.3 Å². The zero-order chi connectivity index (χ0) is 11.3. The lowest BCUT2D eigenvalue weighted by atomic mass is 10.0. The molecule has 0 amide bonds. The highest BCUT2D eigenvalue weighted by atomic mass is 14.9. The van der Waals surface area contributed by atoms with Gasteiger partial charge in [-0.05, 0) is 12.0 Å². The fourth-order valence-electron chi connectivity index (χ4n) is 1.41. The molecule has 0 saturated carbocycles. The van der Waals surface area contributed by atoms with Crippen molar-refractivity contribution in [1.29, 1.82) is 0 Å². The van der Waals surface area contributed by atoms with E-state index >= 15 is 0 Å². The molecule has 0 spiro atoms. The predicted molar refractivity (Wildman–Crippen MR) is 65.9 cm³/mol. The summed E-state index contributed by atoms with van der Waals surface area (Å²) in [5.41, 5.74) is 7.12. The topological polar surface area (TPSA) is 38.4 Å². The fourth-order valence-corrected chi connectivity index (χ4v) is 1.41. The average Bonchev–Trinajstić information content (AvgIpc) is 2.26. The molecule has 1 aromatic carbocycles. The van der Waals surface area contributed by atoms with Crippen molar-refractivity contribution >= 4 is 5.84 Å². The highest BCUT2D eigenvalue weighted by Gasteiger charge is 2.08. The standard InChI is InChI=1S/C13H20N2/c1-4-12(15-13(14)10(2)3)11-8-6-5-7-9-11/h5-10,12H,4H2,1-3H3,(H2,14,15). The van der Waals surface area contributed by atoms with Crippen molar-refractivity contribution in [2.45, 2.75) is 33.2 Å². The molecular formula is C13H20N2. The van der Waals surface area contributed by atoms with Crippen LogP contribution in [0.4, 0.5) is 0 Å². The van der Waals surface area contributed by atoms with E-state index in [1.165, 1.54) is 5.56 Å². The van der Waals surface area contributed by atoms with Gasteiger partial charge in [0.1, 0.15) is 0 Å². The Morgan fingerprint density at radius 3 is 2.33 bits per heavy atom. The third kappa shape index (κ3) is 3.39. The number of nitrogens with zero attached hydrogens (tertiary/aromatic N) is 1. The van der Waals surface area contributed by atoms with Crippen LogP contribution in [0.1, 0.15) is 38.8 Å². The van der Waals surface area contributed by atoms with Crippen molar-refractivity contribution in [1.82, 2.24) is 0 Å². The molecule has 0 aliphatic carbocycles. The zero-order valence-corrected chi connectivity index (χ0v) is 9.77. The number of hydrogen-bond acceptors (Lipinski definition) is 1. The molecule has 0 aromatic heterocycles. The normalized spacial score (nSPS) is 14.3. The minimum absolute atomic E-state index is 0.202. The van der Waals surface area contributed by atoms with Gasteiger partial charge in [-0.15, -0.1) is 0 Å². The average molecular weight is 204 g/mol. The molecule has 1 unspecified atom stereocenters. The number of nitrogens with two attached hydrogens (primary N) is 1. The molecule has 1 aromatic rings. The summed E-state index contributed by atoms with van der Waals surface area (Å²) in [6.07, 6.45) is 0.984. The van der Waals surface area contributed by atoms with E-state index in [-0.39, 0.29) is 6.04 Å². The van der Waals surface area contributed by atoms with Gasteiger partial charge in [0.15, 0.2) is 0 Å². The molecule has 2 heteroatoms. The lowest BCUT2D eigenvalue weighted by Crippen LogP contribution is -2.20. The first-order valence-corrected chi connectivity index (χ1v) is 5.53. The van der Waals surface area contributed by atoms with E-state index in [1.54, 1.807) is 0 Å². The Bertz CT molecular complexity index is 315. The maximum atomic E-state index is 5.88. The fraction of sp³-hybridized carbons (Fsp3) is 0.462. The smallest absolute Gasteiger partial charge is 0.0970 e. The van der Waals surface area contributed by atoms with E-state index < -0.39 is 0 Å². The summed E-state index contributed by atoms with van der Waals surface area (Å²) in [7, 11) is 0. The van der Waals surface area contributed by atoms with E-state index in [2.05, 4.69) is 37.9 Å². The SMILES string of the molecule is CCC(N=C(N)C(C)C)c1ccccc1. The number of aliphatic imine (C=N–C) groups is 1. The van der Waals surface area contributed by atoms with Gasteiger partial charge in [-0.2, -0.15) is 0 Å². The molecule has 2 N–H and O–H groups in total. The van der Waals surface area contributed by atoms with Gasteiger partial charge in [0.2, 0.25) is 0 Å². The Morgan fingerprint density at radius 1 is 1.27 bits per heavy atom. The molecular weight excluding hydrogens is 184 g/mol. The van der Waals surface area contributed by atoms with Crippen molar-refractivity contribution < 1.29 is 0 Å².